The van der Waals surface area contributed by atoms with Crippen LogP contribution >= 0.6 is 0 Å². The summed E-state index contributed by atoms with van der Waals surface area (Å²) >= 11 is 0. The second-order valence-electron chi connectivity index (χ2n) is 6.52. The summed E-state index contributed by atoms with van der Waals surface area (Å²) in [6.07, 6.45) is 6.89. The molecule has 5 heteroatoms. The lowest BCUT2D eigenvalue weighted by Crippen LogP contribution is -2.54. The molecule has 0 spiro atoms. The summed E-state index contributed by atoms with van der Waals surface area (Å²) in [5, 5.41) is 11.5. The van der Waals surface area contributed by atoms with Crippen LogP contribution in [0.3, 0.4) is 0 Å². The van der Waals surface area contributed by atoms with Gasteiger partial charge in [-0.3, -0.25) is 4.79 Å². The van der Waals surface area contributed by atoms with Crippen molar-refractivity contribution in [1.29, 1.82) is 0 Å². The van der Waals surface area contributed by atoms with E-state index >= 15 is 0 Å². The zero-order valence-corrected chi connectivity index (χ0v) is 12.7. The molecular weight excluding hydrogens is 264 g/mol. The van der Waals surface area contributed by atoms with E-state index in [-0.39, 0.29) is 11.4 Å². The van der Waals surface area contributed by atoms with Crippen LogP contribution in [0, 0.1) is 5.92 Å². The van der Waals surface area contributed by atoms with Gasteiger partial charge in [-0.25, -0.2) is 0 Å². The summed E-state index contributed by atoms with van der Waals surface area (Å²) in [5.41, 5.74) is 0.740. The highest BCUT2D eigenvalue weighted by atomic mass is 16.2. The van der Waals surface area contributed by atoms with Gasteiger partial charge in [0.2, 0.25) is 5.91 Å². The summed E-state index contributed by atoms with van der Waals surface area (Å²) in [5.74, 6) is 0.910. The monoisotopic (exact) mass is 288 g/mol. The van der Waals surface area contributed by atoms with Gasteiger partial charge in [-0.05, 0) is 63.6 Å². The second kappa shape index (κ2) is 6.10. The number of hydrogen-bond acceptors (Lipinski definition) is 4. The number of amides is 1. The zero-order valence-electron chi connectivity index (χ0n) is 12.7. The van der Waals surface area contributed by atoms with Crippen molar-refractivity contribution in [2.45, 2.75) is 44.6 Å². The minimum atomic E-state index is -0.322. The van der Waals surface area contributed by atoms with Crippen molar-refractivity contribution in [2.75, 3.05) is 19.6 Å². The van der Waals surface area contributed by atoms with Crippen LogP contribution in [0.4, 0.5) is 0 Å². The van der Waals surface area contributed by atoms with Gasteiger partial charge < -0.3 is 10.2 Å². The molecule has 1 aromatic heterocycles. The average molecular weight is 288 g/mol. The van der Waals surface area contributed by atoms with Crippen LogP contribution in [0.1, 0.15) is 38.3 Å². The Morgan fingerprint density at radius 3 is 2.90 bits per heavy atom. The molecule has 2 aliphatic heterocycles. The first-order chi connectivity index (χ1) is 10.2. The molecule has 114 valence electrons. The molecule has 0 saturated carbocycles. The first-order valence-corrected chi connectivity index (χ1v) is 7.98. The Labute approximate surface area is 126 Å². The van der Waals surface area contributed by atoms with E-state index in [9.17, 15) is 4.79 Å². The highest BCUT2D eigenvalue weighted by molar-refractivity contribution is 5.86. The predicted octanol–water partition coefficient (Wildman–Crippen LogP) is 1.40. The molecule has 1 N–H and O–H groups in total. The molecule has 21 heavy (non-hydrogen) atoms. The number of likely N-dealkylation sites (tertiary alicyclic amines) is 1. The van der Waals surface area contributed by atoms with Crippen LogP contribution in [0.2, 0.25) is 0 Å². The molecule has 0 aliphatic carbocycles. The standard InChI is InChI=1S/C16H24N4O/c1-16(7-3-8-17-16)15(21)20-10-5-13(6-11-20)12-14-4-2-9-18-19-14/h2,4,9,13,17H,3,5-8,10-12H2,1H3/t16-/m0/s1. The molecule has 2 aliphatic rings. The summed E-state index contributed by atoms with van der Waals surface area (Å²) < 4.78 is 0. The summed E-state index contributed by atoms with van der Waals surface area (Å²) in [6, 6.07) is 3.97. The third kappa shape index (κ3) is 3.23. The number of nitrogens with one attached hydrogen (secondary N) is 1. The first kappa shape index (κ1) is 14.4. The molecule has 0 bridgehead atoms. The van der Waals surface area contributed by atoms with E-state index in [4.69, 9.17) is 0 Å². The van der Waals surface area contributed by atoms with Gasteiger partial charge in [0.25, 0.3) is 0 Å². The number of hydrogen-bond donors (Lipinski definition) is 1. The molecule has 0 radical (unpaired) electrons. The minimum Gasteiger partial charge on any atom is -0.341 e. The van der Waals surface area contributed by atoms with Crippen molar-refractivity contribution in [2.24, 2.45) is 5.92 Å². The topological polar surface area (TPSA) is 58.1 Å². The lowest BCUT2D eigenvalue weighted by molar-refractivity contribution is -0.138. The Morgan fingerprint density at radius 2 is 2.29 bits per heavy atom. The zero-order chi connectivity index (χ0) is 14.7. The molecule has 3 heterocycles. The van der Waals surface area contributed by atoms with Crippen LogP contribution in [-0.2, 0) is 11.2 Å². The molecule has 1 atom stereocenters. The molecule has 1 amide bonds. The fourth-order valence-corrected chi connectivity index (χ4v) is 3.50. The fraction of sp³-hybridized carbons (Fsp3) is 0.688. The SMILES string of the molecule is C[C@@]1(C(=O)N2CCC(Cc3cccnn3)CC2)CCCN1. The summed E-state index contributed by atoms with van der Waals surface area (Å²) in [7, 11) is 0. The van der Waals surface area contributed by atoms with Gasteiger partial charge in [-0.15, -0.1) is 0 Å². The molecule has 2 fully saturated rings. The molecule has 5 nitrogen and oxygen atoms in total. The maximum absolute atomic E-state index is 12.6. The number of rotatable bonds is 3. The molecule has 0 aromatic carbocycles. The Hall–Kier alpha value is -1.49. The van der Waals surface area contributed by atoms with Crippen molar-refractivity contribution < 1.29 is 4.79 Å². The number of piperidine rings is 1. The van der Waals surface area contributed by atoms with Gasteiger partial charge in [-0.2, -0.15) is 10.2 Å². The van der Waals surface area contributed by atoms with Gasteiger partial charge in [0.1, 0.15) is 0 Å². The van der Waals surface area contributed by atoms with Crippen molar-refractivity contribution in [1.82, 2.24) is 20.4 Å². The average Bonchev–Trinajstić information content (AvgIpc) is 2.96. The van der Waals surface area contributed by atoms with Crippen LogP contribution in [0.5, 0.6) is 0 Å². The van der Waals surface area contributed by atoms with E-state index in [1.165, 1.54) is 0 Å². The fourth-order valence-electron chi connectivity index (χ4n) is 3.50. The smallest absolute Gasteiger partial charge is 0.242 e. The molecule has 1 aromatic rings. The number of aromatic nitrogens is 2. The van der Waals surface area contributed by atoms with E-state index < -0.39 is 0 Å². The Morgan fingerprint density at radius 1 is 1.48 bits per heavy atom. The summed E-state index contributed by atoms with van der Waals surface area (Å²) in [6.45, 7) is 4.77. The third-order valence-electron chi connectivity index (χ3n) is 4.87. The van der Waals surface area contributed by atoms with Gasteiger partial charge in [0, 0.05) is 19.3 Å². The van der Waals surface area contributed by atoms with Gasteiger partial charge >= 0.3 is 0 Å². The number of carbonyl (C=O) groups is 1. The quantitative estimate of drug-likeness (QED) is 0.913. The van der Waals surface area contributed by atoms with Crippen LogP contribution < -0.4 is 5.32 Å². The predicted molar refractivity (Wildman–Crippen MR) is 80.7 cm³/mol. The molecule has 0 unspecified atom stereocenters. The minimum absolute atomic E-state index is 0.290. The maximum atomic E-state index is 12.6. The molecule has 2 saturated heterocycles. The van der Waals surface area contributed by atoms with Gasteiger partial charge in [-0.1, -0.05) is 0 Å². The van der Waals surface area contributed by atoms with Crippen molar-refractivity contribution >= 4 is 5.91 Å². The normalized spacial score (nSPS) is 27.0. The lowest BCUT2D eigenvalue weighted by atomic mass is 9.90. The largest absolute Gasteiger partial charge is 0.341 e. The Balaban J connectivity index is 1.52. The maximum Gasteiger partial charge on any atom is 0.242 e. The summed E-state index contributed by atoms with van der Waals surface area (Å²) in [4.78, 5) is 14.7. The second-order valence-corrected chi connectivity index (χ2v) is 6.52. The van der Waals surface area contributed by atoms with Crippen molar-refractivity contribution in [3.8, 4) is 0 Å². The lowest BCUT2D eigenvalue weighted by Gasteiger charge is -2.37. The van der Waals surface area contributed by atoms with Gasteiger partial charge in [0.05, 0.1) is 11.2 Å². The first-order valence-electron chi connectivity index (χ1n) is 7.98. The Kier molecular flexibility index (Phi) is 4.19. The molecular formula is C16H24N4O. The highest BCUT2D eigenvalue weighted by Crippen LogP contribution is 2.26. The third-order valence-corrected chi connectivity index (χ3v) is 4.87. The van der Waals surface area contributed by atoms with Crippen LogP contribution in [0.25, 0.3) is 0 Å². The van der Waals surface area contributed by atoms with Crippen molar-refractivity contribution in [3.63, 3.8) is 0 Å². The van der Waals surface area contributed by atoms with Crippen molar-refractivity contribution in [3.05, 3.63) is 24.0 Å². The highest BCUT2D eigenvalue weighted by Gasteiger charge is 2.39. The number of nitrogens with zero attached hydrogens (tertiary/aromatic N) is 3. The Bertz CT molecular complexity index is 476. The van der Waals surface area contributed by atoms with E-state index in [2.05, 4.69) is 15.5 Å². The van der Waals surface area contributed by atoms with E-state index in [0.29, 0.717) is 5.92 Å². The number of carbonyl (C=O) groups excluding carboxylic acids is 1. The molecule has 3 rings (SSSR count). The van der Waals surface area contributed by atoms with Gasteiger partial charge in [0.15, 0.2) is 0 Å². The van der Waals surface area contributed by atoms with E-state index in [0.717, 1.165) is 57.4 Å². The van der Waals surface area contributed by atoms with Crippen LogP contribution in [-0.4, -0.2) is 46.2 Å². The van der Waals surface area contributed by atoms with E-state index in [1.54, 1.807) is 6.20 Å². The van der Waals surface area contributed by atoms with Crippen LogP contribution in [0.15, 0.2) is 18.3 Å². The van der Waals surface area contributed by atoms with E-state index in [1.807, 2.05) is 24.0 Å².